The van der Waals surface area contributed by atoms with Crippen molar-refractivity contribution in [1.82, 2.24) is 9.88 Å². The van der Waals surface area contributed by atoms with Gasteiger partial charge in [-0.1, -0.05) is 29.3 Å². The molecule has 4 rings (SSSR count). The van der Waals surface area contributed by atoms with Crippen LogP contribution in [0.2, 0.25) is 10.0 Å². The number of aromatic nitrogens is 1. The number of hydrogen-bond donors (Lipinski definition) is 1. The lowest BCUT2D eigenvalue weighted by atomic mass is 10.0. The second-order valence-corrected chi connectivity index (χ2v) is 8.09. The smallest absolute Gasteiger partial charge is 0.203 e. The number of benzene rings is 1. The summed E-state index contributed by atoms with van der Waals surface area (Å²) in [6, 6.07) is 6.87. The van der Waals surface area contributed by atoms with Gasteiger partial charge in [0.1, 0.15) is 0 Å². The molecule has 2 bridgehead atoms. The van der Waals surface area contributed by atoms with Crippen molar-refractivity contribution in [2.75, 3.05) is 12.5 Å². The fraction of sp³-hybridized carbons (Fsp3) is 0.412. The molecule has 0 saturated carbocycles. The van der Waals surface area contributed by atoms with E-state index in [1.54, 1.807) is 17.4 Å². The first-order valence-corrected chi connectivity index (χ1v) is 9.68. The van der Waals surface area contributed by atoms with Gasteiger partial charge in [0, 0.05) is 41.6 Å². The van der Waals surface area contributed by atoms with Crippen LogP contribution in [-0.4, -0.2) is 34.7 Å². The molecule has 2 atom stereocenters. The molecule has 2 saturated heterocycles. The topological polar surface area (TPSA) is 40.5 Å². The predicted molar refractivity (Wildman–Crippen MR) is 102 cm³/mol. The van der Waals surface area contributed by atoms with Gasteiger partial charge in [-0.2, -0.15) is 5.10 Å². The molecule has 1 aromatic carbocycles. The van der Waals surface area contributed by atoms with Crippen molar-refractivity contribution in [3.63, 3.8) is 0 Å². The highest BCUT2D eigenvalue weighted by Gasteiger charge is 2.36. The largest absolute Gasteiger partial charge is 0.300 e. The van der Waals surface area contributed by atoms with Crippen LogP contribution in [0.25, 0.3) is 11.3 Å². The van der Waals surface area contributed by atoms with E-state index in [1.165, 1.54) is 18.6 Å². The van der Waals surface area contributed by atoms with Crippen LogP contribution in [0.15, 0.2) is 28.7 Å². The summed E-state index contributed by atoms with van der Waals surface area (Å²) >= 11 is 13.6. The summed E-state index contributed by atoms with van der Waals surface area (Å²) in [5.74, 6) is 0. The molecular weight excluding hydrogens is 363 g/mol. The standard InChI is InChI=1S/C17H18Cl2N4S/c1-23-12-3-4-13(23)8-11(7-12)21-22-17-20-16(9-24-17)10-2-5-14(18)15(19)6-10/h2,5-6,9,12-13H,3-4,7-8H2,1H3,(H,20,22)/t12-,13+. The fourth-order valence-electron chi connectivity index (χ4n) is 3.54. The maximum absolute atomic E-state index is 6.08. The Labute approximate surface area is 155 Å². The Hall–Kier alpha value is -1.14. The van der Waals surface area contributed by atoms with E-state index in [1.807, 2.05) is 17.5 Å². The monoisotopic (exact) mass is 380 g/mol. The summed E-state index contributed by atoms with van der Waals surface area (Å²) in [4.78, 5) is 7.10. The van der Waals surface area contributed by atoms with Crippen LogP contribution in [0.3, 0.4) is 0 Å². The molecule has 7 heteroatoms. The fourth-order valence-corrected chi connectivity index (χ4v) is 4.50. The van der Waals surface area contributed by atoms with Gasteiger partial charge in [0.15, 0.2) is 0 Å². The van der Waals surface area contributed by atoms with E-state index in [-0.39, 0.29) is 0 Å². The molecule has 2 aliphatic heterocycles. The Morgan fingerprint density at radius 1 is 1.21 bits per heavy atom. The highest BCUT2D eigenvalue weighted by molar-refractivity contribution is 7.14. The molecule has 0 aliphatic carbocycles. The van der Waals surface area contributed by atoms with Crippen LogP contribution >= 0.6 is 34.5 Å². The number of halogens is 2. The number of anilines is 1. The first-order valence-electron chi connectivity index (χ1n) is 8.04. The predicted octanol–water partition coefficient (Wildman–Crippen LogP) is 5.14. The van der Waals surface area contributed by atoms with Gasteiger partial charge in [-0.15, -0.1) is 11.3 Å². The molecule has 0 spiro atoms. The molecule has 0 unspecified atom stereocenters. The molecule has 24 heavy (non-hydrogen) atoms. The third-order valence-corrected chi connectivity index (χ3v) is 6.44. The number of fused-ring (bicyclic) bond motifs is 2. The molecule has 2 aliphatic rings. The Balaban J connectivity index is 1.46. The number of rotatable bonds is 3. The third-order valence-electron chi connectivity index (χ3n) is 4.96. The van der Waals surface area contributed by atoms with E-state index in [2.05, 4.69) is 27.5 Å². The maximum atomic E-state index is 6.08. The Morgan fingerprint density at radius 3 is 2.67 bits per heavy atom. The maximum Gasteiger partial charge on any atom is 0.203 e. The zero-order valence-corrected chi connectivity index (χ0v) is 15.6. The van der Waals surface area contributed by atoms with Crippen LogP contribution in [0.1, 0.15) is 25.7 Å². The molecule has 1 N–H and O–H groups in total. The van der Waals surface area contributed by atoms with Crippen molar-refractivity contribution >= 4 is 45.4 Å². The molecule has 3 heterocycles. The van der Waals surface area contributed by atoms with Gasteiger partial charge in [-0.3, -0.25) is 10.3 Å². The summed E-state index contributed by atoms with van der Waals surface area (Å²) in [6.45, 7) is 0. The van der Waals surface area contributed by atoms with Gasteiger partial charge in [0.05, 0.1) is 15.7 Å². The van der Waals surface area contributed by atoms with Gasteiger partial charge in [0.25, 0.3) is 0 Å². The third kappa shape index (κ3) is 3.18. The van der Waals surface area contributed by atoms with Crippen LogP contribution in [0.5, 0.6) is 0 Å². The lowest BCUT2D eigenvalue weighted by Gasteiger charge is -2.31. The number of hydrazone groups is 1. The number of nitrogens with one attached hydrogen (secondary N) is 1. The Bertz CT molecular complexity index is 773. The lowest BCUT2D eigenvalue weighted by Crippen LogP contribution is -2.40. The molecule has 126 valence electrons. The number of nitrogens with zero attached hydrogens (tertiary/aromatic N) is 3. The van der Waals surface area contributed by atoms with Crippen LogP contribution < -0.4 is 5.43 Å². The Kier molecular flexibility index (Phi) is 4.52. The number of hydrogen-bond acceptors (Lipinski definition) is 5. The summed E-state index contributed by atoms with van der Waals surface area (Å²) in [6.07, 6.45) is 4.70. The molecule has 2 aromatic rings. The first kappa shape index (κ1) is 16.3. The molecule has 4 nitrogen and oxygen atoms in total. The van der Waals surface area contributed by atoms with Crippen molar-refractivity contribution in [3.05, 3.63) is 33.6 Å². The van der Waals surface area contributed by atoms with E-state index in [0.717, 1.165) is 29.2 Å². The first-order chi connectivity index (χ1) is 11.6. The van der Waals surface area contributed by atoms with Crippen molar-refractivity contribution in [3.8, 4) is 11.3 Å². The zero-order chi connectivity index (χ0) is 16.7. The average Bonchev–Trinajstić information content (AvgIpc) is 3.10. The van der Waals surface area contributed by atoms with Gasteiger partial charge in [-0.25, -0.2) is 4.98 Å². The van der Waals surface area contributed by atoms with Crippen molar-refractivity contribution in [2.24, 2.45) is 5.10 Å². The van der Waals surface area contributed by atoms with Gasteiger partial charge < -0.3 is 0 Å². The zero-order valence-electron chi connectivity index (χ0n) is 13.3. The highest BCUT2D eigenvalue weighted by Crippen LogP contribution is 2.33. The summed E-state index contributed by atoms with van der Waals surface area (Å²) in [7, 11) is 2.23. The van der Waals surface area contributed by atoms with Crippen LogP contribution in [0.4, 0.5) is 5.13 Å². The number of piperidine rings is 1. The SMILES string of the molecule is CN1[C@@H]2CC[C@H]1CC(=NNc1nc(-c3ccc(Cl)c(Cl)c3)cs1)C2. The van der Waals surface area contributed by atoms with Crippen molar-refractivity contribution in [1.29, 1.82) is 0 Å². The van der Waals surface area contributed by atoms with Gasteiger partial charge in [0.2, 0.25) is 5.13 Å². The van der Waals surface area contributed by atoms with E-state index in [9.17, 15) is 0 Å². The molecule has 0 amide bonds. The van der Waals surface area contributed by atoms with Crippen LogP contribution in [-0.2, 0) is 0 Å². The van der Waals surface area contributed by atoms with E-state index < -0.39 is 0 Å². The normalized spacial score (nSPS) is 25.4. The summed E-state index contributed by atoms with van der Waals surface area (Å²) < 4.78 is 0. The van der Waals surface area contributed by atoms with E-state index in [4.69, 9.17) is 23.2 Å². The molecule has 0 radical (unpaired) electrons. The second-order valence-electron chi connectivity index (χ2n) is 6.42. The molecule has 2 fully saturated rings. The summed E-state index contributed by atoms with van der Waals surface area (Å²) in [5.41, 5.74) is 6.22. The van der Waals surface area contributed by atoms with Crippen LogP contribution in [0, 0.1) is 0 Å². The van der Waals surface area contributed by atoms with E-state index in [0.29, 0.717) is 22.1 Å². The highest BCUT2D eigenvalue weighted by atomic mass is 35.5. The molecule has 1 aromatic heterocycles. The van der Waals surface area contributed by atoms with Gasteiger partial charge in [-0.05, 0) is 32.0 Å². The summed E-state index contributed by atoms with van der Waals surface area (Å²) in [5, 5.41) is 8.50. The van der Waals surface area contributed by atoms with Crippen molar-refractivity contribution in [2.45, 2.75) is 37.8 Å². The minimum Gasteiger partial charge on any atom is -0.300 e. The second kappa shape index (κ2) is 6.64. The minimum atomic E-state index is 0.540. The molecular formula is C17H18Cl2N4S. The lowest BCUT2D eigenvalue weighted by molar-refractivity contribution is 0.231. The quantitative estimate of drug-likeness (QED) is 0.749. The Morgan fingerprint density at radius 2 is 1.96 bits per heavy atom. The van der Waals surface area contributed by atoms with E-state index >= 15 is 0 Å². The van der Waals surface area contributed by atoms with Gasteiger partial charge >= 0.3 is 0 Å². The minimum absolute atomic E-state index is 0.540. The average molecular weight is 381 g/mol. The van der Waals surface area contributed by atoms with Crippen molar-refractivity contribution < 1.29 is 0 Å². The number of thiazole rings is 1.